The van der Waals surface area contributed by atoms with Crippen molar-refractivity contribution in [2.45, 2.75) is 11.8 Å². The number of ether oxygens (including phenoxy) is 1. The zero-order valence-corrected chi connectivity index (χ0v) is 23.1. The highest BCUT2D eigenvalue weighted by Crippen LogP contribution is 2.44. The number of fused-ring (bicyclic) bond motifs is 3. The van der Waals surface area contributed by atoms with Crippen molar-refractivity contribution in [3.05, 3.63) is 166 Å². The SMILES string of the molecule is O=C(NCC(=O)c1ccc(C(c2ccccc2)c2ccc(Cl)cc2)cc1)OCC1c2ccccc2-c2ccccc21. The third-order valence-electron chi connectivity index (χ3n) is 7.64. The number of hydrogen-bond acceptors (Lipinski definition) is 3. The first-order chi connectivity index (χ1) is 20.1. The summed E-state index contributed by atoms with van der Waals surface area (Å²) in [4.78, 5) is 25.5. The summed E-state index contributed by atoms with van der Waals surface area (Å²) < 4.78 is 5.57. The van der Waals surface area contributed by atoms with Gasteiger partial charge in [0.2, 0.25) is 0 Å². The number of Topliss-reactive ketones (excluding diaryl/α,β-unsaturated/α-hetero) is 1. The van der Waals surface area contributed by atoms with Gasteiger partial charge in [-0.15, -0.1) is 0 Å². The van der Waals surface area contributed by atoms with Gasteiger partial charge in [-0.25, -0.2) is 4.79 Å². The summed E-state index contributed by atoms with van der Waals surface area (Å²) in [6.45, 7) is 0.0592. The maximum absolute atomic E-state index is 12.9. The summed E-state index contributed by atoms with van der Waals surface area (Å²) >= 11 is 6.13. The molecule has 0 spiro atoms. The van der Waals surface area contributed by atoms with Crippen LogP contribution in [0.3, 0.4) is 0 Å². The lowest BCUT2D eigenvalue weighted by atomic mass is 9.85. The lowest BCUT2D eigenvalue weighted by Crippen LogP contribution is -2.31. The van der Waals surface area contributed by atoms with E-state index in [0.717, 1.165) is 27.8 Å². The summed E-state index contributed by atoms with van der Waals surface area (Å²) in [5, 5.41) is 3.31. The average molecular weight is 558 g/mol. The van der Waals surface area contributed by atoms with Crippen LogP contribution in [0.2, 0.25) is 5.02 Å². The highest BCUT2D eigenvalue weighted by Gasteiger charge is 2.29. The number of halogens is 1. The molecule has 1 atom stereocenters. The number of amides is 1. The Morgan fingerprint density at radius 3 is 1.78 bits per heavy atom. The van der Waals surface area contributed by atoms with E-state index in [-0.39, 0.29) is 30.8 Å². The van der Waals surface area contributed by atoms with Crippen molar-refractivity contribution in [1.82, 2.24) is 5.32 Å². The standard InChI is InChI=1S/C36H28ClNO3/c37-28-20-18-27(19-21-28)35(25-8-2-1-3-9-25)26-16-14-24(15-17-26)34(39)22-38-36(40)41-23-33-31-12-6-4-10-29(31)30-11-5-7-13-32(30)33/h1-21,33,35H,22-23H2,(H,38,40). The van der Waals surface area contributed by atoms with Crippen molar-refractivity contribution < 1.29 is 14.3 Å². The van der Waals surface area contributed by atoms with E-state index in [1.54, 1.807) is 0 Å². The topological polar surface area (TPSA) is 55.4 Å². The van der Waals surface area contributed by atoms with Gasteiger partial charge in [-0.05, 0) is 51.1 Å². The van der Waals surface area contributed by atoms with Crippen molar-refractivity contribution in [2.75, 3.05) is 13.2 Å². The predicted octanol–water partition coefficient (Wildman–Crippen LogP) is 8.24. The molecule has 0 fully saturated rings. The third kappa shape index (κ3) is 5.65. The zero-order chi connectivity index (χ0) is 28.2. The number of nitrogens with one attached hydrogen (secondary N) is 1. The monoisotopic (exact) mass is 557 g/mol. The summed E-state index contributed by atoms with van der Waals surface area (Å²) in [5.41, 5.74) is 8.45. The maximum Gasteiger partial charge on any atom is 0.407 e. The molecule has 0 heterocycles. The van der Waals surface area contributed by atoms with Gasteiger partial charge in [0, 0.05) is 22.4 Å². The van der Waals surface area contributed by atoms with Crippen molar-refractivity contribution in [2.24, 2.45) is 0 Å². The number of rotatable bonds is 8. The molecule has 5 aromatic rings. The minimum atomic E-state index is -0.608. The fourth-order valence-electron chi connectivity index (χ4n) is 5.64. The highest BCUT2D eigenvalue weighted by molar-refractivity contribution is 6.30. The second-order valence-electron chi connectivity index (χ2n) is 10.1. The molecule has 1 unspecified atom stereocenters. The molecule has 1 N–H and O–H groups in total. The van der Waals surface area contributed by atoms with Crippen LogP contribution in [0.25, 0.3) is 11.1 Å². The molecule has 0 saturated carbocycles. The van der Waals surface area contributed by atoms with Crippen molar-refractivity contribution in [1.29, 1.82) is 0 Å². The van der Waals surface area contributed by atoms with Gasteiger partial charge in [0.15, 0.2) is 5.78 Å². The lowest BCUT2D eigenvalue weighted by molar-refractivity contribution is 0.0976. The second kappa shape index (κ2) is 11.8. The molecule has 4 nitrogen and oxygen atoms in total. The van der Waals surface area contributed by atoms with Crippen LogP contribution in [-0.4, -0.2) is 25.0 Å². The van der Waals surface area contributed by atoms with Crippen molar-refractivity contribution in [3.63, 3.8) is 0 Å². The Kier molecular flexibility index (Phi) is 7.66. The third-order valence-corrected chi connectivity index (χ3v) is 7.89. The van der Waals surface area contributed by atoms with E-state index >= 15 is 0 Å². The molecule has 1 aliphatic carbocycles. The summed E-state index contributed by atoms with van der Waals surface area (Å²) in [6, 6.07) is 42.0. The van der Waals surface area contributed by atoms with Crippen molar-refractivity contribution >= 4 is 23.5 Å². The zero-order valence-electron chi connectivity index (χ0n) is 22.3. The molecule has 41 heavy (non-hydrogen) atoms. The molecule has 0 bridgehead atoms. The van der Waals surface area contributed by atoms with E-state index in [4.69, 9.17) is 16.3 Å². The fraction of sp³-hybridized carbons (Fsp3) is 0.111. The maximum atomic E-state index is 12.9. The summed E-state index contributed by atoms with van der Waals surface area (Å²) in [6.07, 6.45) is -0.608. The van der Waals surface area contributed by atoms with Gasteiger partial charge in [-0.3, -0.25) is 4.79 Å². The van der Waals surface area contributed by atoms with Crippen LogP contribution in [0.1, 0.15) is 50.0 Å². The molecular formula is C36H28ClNO3. The first-order valence-electron chi connectivity index (χ1n) is 13.6. The van der Waals surface area contributed by atoms with Crippen LogP contribution in [0.5, 0.6) is 0 Å². The van der Waals surface area contributed by atoms with Crippen LogP contribution < -0.4 is 5.32 Å². The Morgan fingerprint density at radius 2 is 1.17 bits per heavy atom. The molecule has 5 aromatic carbocycles. The number of hydrogen-bond donors (Lipinski definition) is 1. The van der Waals surface area contributed by atoms with E-state index < -0.39 is 6.09 Å². The Labute approximate surface area is 244 Å². The molecule has 0 saturated heterocycles. The molecule has 202 valence electrons. The minimum absolute atomic E-state index is 0.00318. The average Bonchev–Trinajstić information content (AvgIpc) is 3.34. The highest BCUT2D eigenvalue weighted by atomic mass is 35.5. The van der Waals surface area contributed by atoms with Gasteiger partial charge in [0.25, 0.3) is 0 Å². The van der Waals surface area contributed by atoms with E-state index in [2.05, 4.69) is 41.7 Å². The molecular weight excluding hydrogens is 530 g/mol. The quantitative estimate of drug-likeness (QED) is 0.154. The van der Waals surface area contributed by atoms with E-state index in [0.29, 0.717) is 10.6 Å². The fourth-order valence-corrected chi connectivity index (χ4v) is 5.77. The lowest BCUT2D eigenvalue weighted by Gasteiger charge is -2.19. The van der Waals surface area contributed by atoms with Crippen LogP contribution in [0.4, 0.5) is 4.79 Å². The Morgan fingerprint density at radius 1 is 0.659 bits per heavy atom. The smallest absolute Gasteiger partial charge is 0.407 e. The van der Waals surface area contributed by atoms with Gasteiger partial charge >= 0.3 is 6.09 Å². The normalized spacial score (nSPS) is 12.7. The number of carbonyl (C=O) groups excluding carboxylic acids is 2. The Balaban J connectivity index is 1.09. The molecule has 1 amide bonds. The van der Waals surface area contributed by atoms with Gasteiger partial charge in [-0.1, -0.05) is 127 Å². The largest absolute Gasteiger partial charge is 0.449 e. The van der Waals surface area contributed by atoms with Crippen LogP contribution in [0, 0.1) is 0 Å². The van der Waals surface area contributed by atoms with Crippen LogP contribution in [0.15, 0.2) is 127 Å². The molecule has 0 aromatic heterocycles. The second-order valence-corrected chi connectivity index (χ2v) is 10.6. The molecule has 6 rings (SSSR count). The summed E-state index contributed by atoms with van der Waals surface area (Å²) in [5.74, 6) is -0.223. The van der Waals surface area contributed by atoms with Gasteiger partial charge in [0.05, 0.1) is 6.54 Å². The van der Waals surface area contributed by atoms with Crippen LogP contribution in [-0.2, 0) is 4.74 Å². The van der Waals surface area contributed by atoms with E-state index in [1.165, 1.54) is 11.1 Å². The molecule has 5 heteroatoms. The van der Waals surface area contributed by atoms with Gasteiger partial charge < -0.3 is 10.1 Å². The van der Waals surface area contributed by atoms with E-state index in [1.807, 2.05) is 91.0 Å². The Bertz CT molecular complexity index is 1640. The summed E-state index contributed by atoms with van der Waals surface area (Å²) in [7, 11) is 0. The molecule has 0 radical (unpaired) electrons. The predicted molar refractivity (Wildman–Crippen MR) is 163 cm³/mol. The number of ketones is 1. The molecule has 0 aliphatic heterocycles. The van der Waals surface area contributed by atoms with Gasteiger partial charge in [-0.2, -0.15) is 0 Å². The first kappa shape index (κ1) is 26.5. The van der Waals surface area contributed by atoms with E-state index in [9.17, 15) is 9.59 Å². The first-order valence-corrected chi connectivity index (χ1v) is 14.0. The number of alkyl carbamates (subject to hydrolysis) is 1. The number of carbonyl (C=O) groups is 2. The number of benzene rings is 5. The Hall–Kier alpha value is -4.67. The molecule has 1 aliphatic rings. The minimum Gasteiger partial charge on any atom is -0.449 e. The van der Waals surface area contributed by atoms with Crippen LogP contribution >= 0.6 is 11.6 Å². The van der Waals surface area contributed by atoms with Crippen molar-refractivity contribution in [3.8, 4) is 11.1 Å². The van der Waals surface area contributed by atoms with Gasteiger partial charge in [0.1, 0.15) is 6.61 Å².